The van der Waals surface area contributed by atoms with Crippen LogP contribution in [-0.4, -0.2) is 150 Å². The molecule has 1 aromatic rings. The molecule has 10 atom stereocenters. The van der Waals surface area contributed by atoms with E-state index >= 15 is 0 Å². The number of carbonyl (C=O) groups is 7. The first-order valence-electron chi connectivity index (χ1n) is 23.5. The summed E-state index contributed by atoms with van der Waals surface area (Å²) in [5, 5.41) is 16.5. The first-order valence-corrected chi connectivity index (χ1v) is 23.5. The Morgan fingerprint density at radius 3 is 1.98 bits per heavy atom. The highest BCUT2D eigenvalue weighted by molar-refractivity contribution is 6.12. The van der Waals surface area contributed by atoms with Gasteiger partial charge in [-0.1, -0.05) is 91.6 Å². The lowest BCUT2D eigenvalue weighted by molar-refractivity contribution is -0.146. The van der Waals surface area contributed by atoms with E-state index in [1.807, 2.05) is 71.7 Å². The number of ether oxygens (including phenoxy) is 2. The summed E-state index contributed by atoms with van der Waals surface area (Å²) in [5.41, 5.74) is 0.691. The number of likely N-dealkylation sites (N-methyl/N-ethyl adjacent to an activating group) is 2. The van der Waals surface area contributed by atoms with Crippen LogP contribution in [0.1, 0.15) is 118 Å². The summed E-state index contributed by atoms with van der Waals surface area (Å²) < 4.78 is 12.1. The van der Waals surface area contributed by atoms with Crippen molar-refractivity contribution in [3.63, 3.8) is 0 Å². The third kappa shape index (κ3) is 14.5. The van der Waals surface area contributed by atoms with E-state index in [1.54, 1.807) is 52.1 Å². The van der Waals surface area contributed by atoms with Crippen LogP contribution in [0.25, 0.3) is 0 Å². The van der Waals surface area contributed by atoms with E-state index in [2.05, 4.69) is 10.6 Å². The Kier molecular flexibility index (Phi) is 21.9. The number of nitrogens with one attached hydrogen (secondary N) is 2. The van der Waals surface area contributed by atoms with Crippen LogP contribution in [0.2, 0.25) is 0 Å². The van der Waals surface area contributed by atoms with Gasteiger partial charge in [-0.15, -0.1) is 0 Å². The standard InChI is InChI=1S/C49H78N6O10/c1-13-32(6)44(37(64-11)29-41(59)54-28-20-23-36(54)46(65-12)33(7)47(61)50-34(8)45(60)35-21-16-14-17-22-35)53(10)43(31(4)5)49(63)51-48(62)42(30(2)3)52(9)38(56)24-18-15-19-27-55-39(57)25-26-40(55)58/h14,16-17,21-22,25-26,30-34,36-37,42-46,60H,13,15,18-20,23-24,27-29H2,1-12H3,(H,50,61)(H,51,62,63)/t32-,33+,34+,36-,37+,42-,43-,44-,45+,46+/m0/s1. The molecule has 16 heteroatoms. The molecule has 3 N–H and O–H groups in total. The average Bonchev–Trinajstić information content (AvgIpc) is 3.88. The summed E-state index contributed by atoms with van der Waals surface area (Å²) >= 11 is 0. The minimum absolute atomic E-state index is 0.00304. The average molecular weight is 911 g/mol. The van der Waals surface area contributed by atoms with Crippen molar-refractivity contribution in [2.75, 3.05) is 41.4 Å². The van der Waals surface area contributed by atoms with E-state index in [0.717, 1.165) is 6.42 Å². The number of aliphatic hydroxyl groups is 1. The number of methoxy groups -OCH3 is 2. The summed E-state index contributed by atoms with van der Waals surface area (Å²) in [4.78, 5) is 99.4. The minimum atomic E-state index is -0.924. The summed E-state index contributed by atoms with van der Waals surface area (Å²) in [6, 6.07) is 6.03. The summed E-state index contributed by atoms with van der Waals surface area (Å²) in [5.74, 6) is -3.76. The smallest absolute Gasteiger partial charge is 0.253 e. The topological polar surface area (TPSA) is 195 Å². The largest absolute Gasteiger partial charge is 0.386 e. The van der Waals surface area contributed by atoms with Crippen molar-refractivity contribution in [1.29, 1.82) is 0 Å². The lowest BCUT2D eigenvalue weighted by Crippen LogP contribution is -2.60. The number of hydrogen-bond donors (Lipinski definition) is 3. The van der Waals surface area contributed by atoms with Gasteiger partial charge in [0, 0.05) is 59.0 Å². The van der Waals surface area contributed by atoms with Crippen LogP contribution in [0.3, 0.4) is 0 Å². The molecule has 3 rings (SSSR count). The second-order valence-electron chi connectivity index (χ2n) is 18.7. The fourth-order valence-corrected chi connectivity index (χ4v) is 9.61. The van der Waals surface area contributed by atoms with Gasteiger partial charge in [0.2, 0.25) is 29.5 Å². The third-order valence-electron chi connectivity index (χ3n) is 13.4. The van der Waals surface area contributed by atoms with Crippen LogP contribution in [0.4, 0.5) is 0 Å². The molecule has 2 aliphatic rings. The molecule has 364 valence electrons. The number of unbranched alkanes of at least 4 members (excludes halogenated alkanes) is 2. The van der Waals surface area contributed by atoms with Crippen molar-refractivity contribution >= 4 is 41.4 Å². The Hall–Kier alpha value is -4.51. The Morgan fingerprint density at radius 1 is 0.831 bits per heavy atom. The first-order chi connectivity index (χ1) is 30.7. The van der Waals surface area contributed by atoms with Crippen molar-refractivity contribution < 1.29 is 48.1 Å². The van der Waals surface area contributed by atoms with Gasteiger partial charge in [-0.2, -0.15) is 0 Å². The zero-order valence-corrected chi connectivity index (χ0v) is 41.0. The normalized spacial score (nSPS) is 19.5. The van der Waals surface area contributed by atoms with Crippen molar-refractivity contribution in [3.05, 3.63) is 48.0 Å². The van der Waals surface area contributed by atoms with Gasteiger partial charge >= 0.3 is 0 Å². The highest BCUT2D eigenvalue weighted by atomic mass is 16.5. The fourth-order valence-electron chi connectivity index (χ4n) is 9.61. The van der Waals surface area contributed by atoms with Crippen LogP contribution in [0.15, 0.2) is 42.5 Å². The van der Waals surface area contributed by atoms with Crippen molar-refractivity contribution in [2.45, 2.75) is 155 Å². The molecular weight excluding hydrogens is 833 g/mol. The molecular formula is C49H78N6O10. The number of aliphatic hydroxyl groups excluding tert-OH is 1. The maximum Gasteiger partial charge on any atom is 0.253 e. The molecule has 1 saturated heterocycles. The molecule has 0 spiro atoms. The predicted octanol–water partition coefficient (Wildman–Crippen LogP) is 4.25. The number of nitrogens with zero attached hydrogens (tertiary/aromatic N) is 4. The molecule has 16 nitrogen and oxygen atoms in total. The van der Waals surface area contributed by atoms with Gasteiger partial charge in [-0.25, -0.2) is 0 Å². The summed E-state index contributed by atoms with van der Waals surface area (Å²) in [7, 11) is 6.47. The molecule has 0 aromatic heterocycles. The third-order valence-corrected chi connectivity index (χ3v) is 13.4. The van der Waals surface area contributed by atoms with Crippen molar-refractivity contribution in [1.82, 2.24) is 30.2 Å². The molecule has 0 radical (unpaired) electrons. The van der Waals surface area contributed by atoms with E-state index in [0.29, 0.717) is 44.2 Å². The van der Waals surface area contributed by atoms with E-state index in [9.17, 15) is 38.7 Å². The Bertz CT molecular complexity index is 1770. The number of imide groups is 2. The van der Waals surface area contributed by atoms with Crippen molar-refractivity contribution in [2.24, 2.45) is 23.7 Å². The second-order valence-corrected chi connectivity index (χ2v) is 18.7. The molecule has 1 fully saturated rings. The SMILES string of the molecule is CC[C@H](C)[C@@H]([C@@H](CC(=O)N1CCC[C@H]1[C@H](OC)[C@@H](C)C(=O)N[C@H](C)[C@@H](O)c1ccccc1)OC)N(C)[C@H](C(=O)NC(=O)[C@H](C(C)C)N(C)C(=O)CCCCCN1C(=O)C=CC1=O)C(C)C. The van der Waals surface area contributed by atoms with E-state index in [-0.39, 0.29) is 72.7 Å². The number of rotatable bonds is 26. The number of carbonyl (C=O) groups excluding carboxylic acids is 7. The van der Waals surface area contributed by atoms with E-state index < -0.39 is 60.2 Å². The first kappa shape index (κ1) is 54.8. The second kappa shape index (κ2) is 26.0. The summed E-state index contributed by atoms with van der Waals surface area (Å²) in [6.45, 7) is 15.8. The van der Waals surface area contributed by atoms with Crippen LogP contribution in [0, 0.1) is 23.7 Å². The molecule has 2 heterocycles. The Balaban J connectivity index is 1.70. The maximum atomic E-state index is 14.4. The molecule has 0 unspecified atom stereocenters. The maximum absolute atomic E-state index is 14.4. The molecule has 0 aliphatic carbocycles. The number of amides is 7. The number of benzene rings is 1. The predicted molar refractivity (Wildman–Crippen MR) is 248 cm³/mol. The van der Waals surface area contributed by atoms with Crippen LogP contribution in [-0.2, 0) is 43.0 Å². The lowest BCUT2D eigenvalue weighted by atomic mass is 9.87. The van der Waals surface area contributed by atoms with Gasteiger partial charge < -0.3 is 29.7 Å². The van der Waals surface area contributed by atoms with Gasteiger partial charge in [-0.05, 0) is 63.0 Å². The Labute approximate surface area is 387 Å². The van der Waals surface area contributed by atoms with Gasteiger partial charge in [0.05, 0.1) is 48.8 Å². The lowest BCUT2D eigenvalue weighted by Gasteiger charge is -2.43. The van der Waals surface area contributed by atoms with Gasteiger partial charge in [0.15, 0.2) is 0 Å². The molecule has 7 amide bonds. The Morgan fingerprint density at radius 2 is 1.43 bits per heavy atom. The fraction of sp³-hybridized carbons (Fsp3) is 0.694. The molecule has 0 saturated carbocycles. The monoisotopic (exact) mass is 911 g/mol. The quantitative estimate of drug-likeness (QED) is 0.0889. The van der Waals surface area contributed by atoms with Gasteiger partial charge in [-0.3, -0.25) is 48.7 Å². The van der Waals surface area contributed by atoms with Crippen molar-refractivity contribution in [3.8, 4) is 0 Å². The highest BCUT2D eigenvalue weighted by Crippen LogP contribution is 2.31. The van der Waals surface area contributed by atoms with Gasteiger partial charge in [0.1, 0.15) is 6.04 Å². The molecule has 1 aromatic carbocycles. The van der Waals surface area contributed by atoms with E-state index in [4.69, 9.17) is 9.47 Å². The minimum Gasteiger partial charge on any atom is -0.386 e. The highest BCUT2D eigenvalue weighted by Gasteiger charge is 2.44. The number of hydrogen-bond acceptors (Lipinski definition) is 11. The zero-order valence-electron chi connectivity index (χ0n) is 41.0. The van der Waals surface area contributed by atoms with E-state index in [1.165, 1.54) is 22.0 Å². The molecule has 65 heavy (non-hydrogen) atoms. The zero-order chi connectivity index (χ0) is 48.7. The van der Waals surface area contributed by atoms with Gasteiger partial charge in [0.25, 0.3) is 11.8 Å². The number of likely N-dealkylation sites (tertiary alicyclic amines) is 1. The van der Waals surface area contributed by atoms with Crippen LogP contribution < -0.4 is 10.6 Å². The summed E-state index contributed by atoms with van der Waals surface area (Å²) in [6.07, 6.45) is 4.22. The molecule has 0 bridgehead atoms. The van der Waals surface area contributed by atoms with Crippen LogP contribution >= 0.6 is 0 Å². The van der Waals surface area contributed by atoms with Crippen LogP contribution in [0.5, 0.6) is 0 Å². The molecule has 2 aliphatic heterocycles.